The van der Waals surface area contributed by atoms with Crippen LogP contribution in [-0.4, -0.2) is 18.2 Å². The minimum atomic E-state index is -3.76. The molecule has 0 atom stereocenters. The number of fused-ring (bicyclic) bond motifs is 1. The summed E-state index contributed by atoms with van der Waals surface area (Å²) in [6, 6.07) is 12.4. The second-order valence-corrected chi connectivity index (χ2v) is 7.95. The molecule has 0 spiro atoms. The lowest BCUT2D eigenvalue weighted by atomic mass is 10.1. The van der Waals surface area contributed by atoms with E-state index in [4.69, 9.17) is 0 Å². The molecule has 0 radical (unpaired) electrons. The zero-order chi connectivity index (χ0) is 18.2. The van der Waals surface area contributed by atoms with Crippen molar-refractivity contribution in [2.24, 2.45) is 0 Å². The Morgan fingerprint density at radius 3 is 2.32 bits per heavy atom. The van der Waals surface area contributed by atoms with Crippen molar-refractivity contribution in [2.45, 2.75) is 38.5 Å². The van der Waals surface area contributed by atoms with Gasteiger partial charge in [-0.25, -0.2) is 12.4 Å². The number of aryl methyl sites for hydroxylation is 2. The van der Waals surface area contributed by atoms with Gasteiger partial charge in [0, 0.05) is 23.6 Å². The number of hydrogen-bond donors (Lipinski definition) is 0. The van der Waals surface area contributed by atoms with E-state index in [9.17, 15) is 13.2 Å². The first-order valence-electron chi connectivity index (χ1n) is 8.38. The van der Waals surface area contributed by atoms with Crippen LogP contribution in [0.15, 0.2) is 53.6 Å². The highest BCUT2D eigenvalue weighted by atomic mass is 32.2. The zero-order valence-electron chi connectivity index (χ0n) is 14.6. The van der Waals surface area contributed by atoms with Gasteiger partial charge >= 0.3 is 0 Å². The SMILES string of the molecule is CCC(=O)c1cn(S(=O)(=O)c2ccc(CC)cc2)c2cc(C)ccc12. The van der Waals surface area contributed by atoms with Crippen molar-refractivity contribution in [3.63, 3.8) is 0 Å². The van der Waals surface area contributed by atoms with Gasteiger partial charge in [-0.15, -0.1) is 0 Å². The second-order valence-electron chi connectivity index (χ2n) is 6.14. The van der Waals surface area contributed by atoms with Gasteiger partial charge in [0.25, 0.3) is 10.0 Å². The Morgan fingerprint density at radius 2 is 1.72 bits per heavy atom. The van der Waals surface area contributed by atoms with E-state index in [-0.39, 0.29) is 10.7 Å². The quantitative estimate of drug-likeness (QED) is 0.640. The molecular formula is C20H21NO3S. The van der Waals surface area contributed by atoms with Gasteiger partial charge in [0.15, 0.2) is 5.78 Å². The van der Waals surface area contributed by atoms with Crippen molar-refractivity contribution >= 4 is 26.7 Å². The van der Waals surface area contributed by atoms with Gasteiger partial charge in [0.2, 0.25) is 0 Å². The van der Waals surface area contributed by atoms with Crippen molar-refractivity contribution in [1.82, 2.24) is 3.97 Å². The standard InChI is InChI=1S/C20H21NO3S/c1-4-15-7-9-16(10-8-15)25(23,24)21-13-18(20(22)5-2)17-11-6-14(3)12-19(17)21/h6-13H,4-5H2,1-3H3. The number of ketones is 1. The smallest absolute Gasteiger partial charge is 0.268 e. The van der Waals surface area contributed by atoms with Gasteiger partial charge in [-0.2, -0.15) is 0 Å². The average Bonchev–Trinajstić information content (AvgIpc) is 3.00. The Morgan fingerprint density at radius 1 is 1.04 bits per heavy atom. The number of carbonyl (C=O) groups is 1. The van der Waals surface area contributed by atoms with Crippen molar-refractivity contribution in [1.29, 1.82) is 0 Å². The van der Waals surface area contributed by atoms with Crippen LogP contribution >= 0.6 is 0 Å². The third-order valence-corrected chi connectivity index (χ3v) is 6.13. The highest BCUT2D eigenvalue weighted by Crippen LogP contribution is 2.28. The molecule has 0 amide bonds. The number of rotatable bonds is 5. The van der Waals surface area contributed by atoms with Crippen LogP contribution in [0.3, 0.4) is 0 Å². The molecule has 4 nitrogen and oxygen atoms in total. The number of hydrogen-bond acceptors (Lipinski definition) is 3. The van der Waals surface area contributed by atoms with E-state index in [1.165, 1.54) is 10.2 Å². The maximum atomic E-state index is 13.1. The minimum Gasteiger partial charge on any atom is -0.294 e. The Kier molecular flexibility index (Phi) is 4.52. The van der Waals surface area contributed by atoms with E-state index < -0.39 is 10.0 Å². The summed E-state index contributed by atoms with van der Waals surface area (Å²) in [5, 5.41) is 0.672. The third kappa shape index (κ3) is 3.00. The topological polar surface area (TPSA) is 56.1 Å². The van der Waals surface area contributed by atoms with E-state index in [0.29, 0.717) is 22.9 Å². The Bertz CT molecular complexity index is 1040. The lowest BCUT2D eigenvalue weighted by Crippen LogP contribution is -2.12. The van der Waals surface area contributed by atoms with Gasteiger partial charge in [0.1, 0.15) is 0 Å². The maximum Gasteiger partial charge on any atom is 0.268 e. The molecule has 1 aromatic heterocycles. The lowest BCUT2D eigenvalue weighted by Gasteiger charge is -2.08. The molecule has 0 fully saturated rings. The van der Waals surface area contributed by atoms with Crippen LogP contribution in [0, 0.1) is 6.92 Å². The lowest BCUT2D eigenvalue weighted by molar-refractivity contribution is 0.0989. The number of carbonyl (C=O) groups excluding carboxylic acids is 1. The van der Waals surface area contributed by atoms with Gasteiger partial charge in [-0.05, 0) is 42.7 Å². The van der Waals surface area contributed by atoms with E-state index in [0.717, 1.165) is 17.5 Å². The van der Waals surface area contributed by atoms with Crippen LogP contribution in [0.25, 0.3) is 10.9 Å². The molecule has 5 heteroatoms. The molecule has 0 unspecified atom stereocenters. The fourth-order valence-electron chi connectivity index (χ4n) is 2.93. The highest BCUT2D eigenvalue weighted by molar-refractivity contribution is 7.90. The summed E-state index contributed by atoms with van der Waals surface area (Å²) in [5.41, 5.74) is 3.01. The predicted molar refractivity (Wildman–Crippen MR) is 99.7 cm³/mol. The first-order chi connectivity index (χ1) is 11.9. The molecule has 0 aliphatic rings. The molecule has 0 aliphatic heterocycles. The van der Waals surface area contributed by atoms with E-state index in [1.807, 2.05) is 38.1 Å². The normalized spacial score (nSPS) is 11.8. The fraction of sp³-hybridized carbons (Fsp3) is 0.250. The van der Waals surface area contributed by atoms with Crippen LogP contribution in [0.1, 0.15) is 41.8 Å². The molecule has 1 heterocycles. The van der Waals surface area contributed by atoms with Crippen molar-refractivity contribution in [2.75, 3.05) is 0 Å². The van der Waals surface area contributed by atoms with Gasteiger partial charge < -0.3 is 0 Å². The van der Waals surface area contributed by atoms with Crippen molar-refractivity contribution in [3.8, 4) is 0 Å². The maximum absolute atomic E-state index is 13.1. The number of aromatic nitrogens is 1. The van der Waals surface area contributed by atoms with Crippen molar-refractivity contribution in [3.05, 3.63) is 65.4 Å². The Labute approximate surface area is 148 Å². The molecule has 0 saturated carbocycles. The second kappa shape index (κ2) is 6.48. The van der Waals surface area contributed by atoms with Crippen LogP contribution in [-0.2, 0) is 16.4 Å². The number of Topliss-reactive ketones (excluding diaryl/α,β-unsaturated/α-hetero) is 1. The largest absolute Gasteiger partial charge is 0.294 e. The number of nitrogens with zero attached hydrogens (tertiary/aromatic N) is 1. The predicted octanol–water partition coefficient (Wildman–Crippen LogP) is 4.34. The van der Waals surface area contributed by atoms with Crippen LogP contribution in [0.2, 0.25) is 0 Å². The van der Waals surface area contributed by atoms with E-state index in [1.54, 1.807) is 25.1 Å². The Hall–Kier alpha value is -2.40. The molecule has 130 valence electrons. The highest BCUT2D eigenvalue weighted by Gasteiger charge is 2.23. The average molecular weight is 355 g/mol. The fourth-order valence-corrected chi connectivity index (χ4v) is 4.29. The first-order valence-corrected chi connectivity index (χ1v) is 9.82. The monoisotopic (exact) mass is 355 g/mol. The van der Waals surface area contributed by atoms with Crippen LogP contribution in [0.4, 0.5) is 0 Å². The minimum absolute atomic E-state index is 0.0656. The molecular weight excluding hydrogens is 334 g/mol. The Balaban J connectivity index is 2.26. The molecule has 0 aliphatic carbocycles. The van der Waals surface area contributed by atoms with E-state index >= 15 is 0 Å². The van der Waals surface area contributed by atoms with Crippen molar-refractivity contribution < 1.29 is 13.2 Å². The molecule has 2 aromatic carbocycles. The molecule has 3 aromatic rings. The third-order valence-electron chi connectivity index (χ3n) is 4.44. The summed E-state index contributed by atoms with van der Waals surface area (Å²) >= 11 is 0. The van der Waals surface area contributed by atoms with Gasteiger partial charge in [-0.3, -0.25) is 4.79 Å². The molecule has 0 bridgehead atoms. The van der Waals surface area contributed by atoms with Crippen LogP contribution < -0.4 is 0 Å². The summed E-state index contributed by atoms with van der Waals surface area (Å²) in [6.45, 7) is 5.70. The van der Waals surface area contributed by atoms with Gasteiger partial charge in [-0.1, -0.05) is 38.1 Å². The zero-order valence-corrected chi connectivity index (χ0v) is 15.4. The molecule has 0 N–H and O–H groups in total. The molecule has 3 rings (SSSR count). The first kappa shape index (κ1) is 17.4. The summed E-state index contributed by atoms with van der Waals surface area (Å²) < 4.78 is 27.5. The van der Waals surface area contributed by atoms with E-state index in [2.05, 4.69) is 0 Å². The molecule has 0 saturated heterocycles. The van der Waals surface area contributed by atoms with Gasteiger partial charge in [0.05, 0.1) is 10.4 Å². The summed E-state index contributed by atoms with van der Waals surface area (Å²) in [5.74, 6) is -0.0656. The summed E-state index contributed by atoms with van der Waals surface area (Å²) in [4.78, 5) is 12.5. The number of benzene rings is 2. The van der Waals surface area contributed by atoms with Crippen LogP contribution in [0.5, 0.6) is 0 Å². The summed E-state index contributed by atoms with van der Waals surface area (Å²) in [6.07, 6.45) is 2.64. The molecule has 25 heavy (non-hydrogen) atoms. The summed E-state index contributed by atoms with van der Waals surface area (Å²) in [7, 11) is -3.76.